The zero-order chi connectivity index (χ0) is 24.6. The Morgan fingerprint density at radius 1 is 1.33 bits per heavy atom. The van der Waals surface area contributed by atoms with E-state index in [9.17, 15) is 19.0 Å². The average molecular weight is 506 g/mol. The highest BCUT2D eigenvalue weighted by Gasteiger charge is 2.50. The van der Waals surface area contributed by atoms with Crippen molar-refractivity contribution in [3.63, 3.8) is 0 Å². The monoisotopic (exact) mass is 505 g/mol. The highest BCUT2D eigenvalue weighted by Crippen LogP contribution is 2.59. The van der Waals surface area contributed by atoms with Gasteiger partial charge in [0.1, 0.15) is 12.1 Å². The molecule has 0 aromatic rings. The van der Waals surface area contributed by atoms with Gasteiger partial charge in [0, 0.05) is 24.9 Å². The fourth-order valence-corrected chi connectivity index (χ4v) is 7.19. The molecule has 5 atom stereocenters. The van der Waals surface area contributed by atoms with E-state index in [-0.39, 0.29) is 24.5 Å². The fourth-order valence-electron chi connectivity index (χ4n) is 4.46. The number of hydrogen-bond donors (Lipinski definition) is 4. The van der Waals surface area contributed by atoms with Crippen molar-refractivity contribution in [3.8, 4) is 0 Å². The van der Waals surface area contributed by atoms with Gasteiger partial charge < -0.3 is 19.2 Å². The number of thioether (sulfide) groups is 1. The Balaban J connectivity index is 2.39. The van der Waals surface area contributed by atoms with E-state index in [2.05, 4.69) is 15.6 Å². The molecule has 2 saturated heterocycles. The Hall–Kier alpha value is -0.940. The molecular formula is C21H40N5O5PS. The molecule has 2 fully saturated rings. The Kier molecular flexibility index (Phi) is 10.9. The predicted octanol–water partition coefficient (Wildman–Crippen LogP) is 1.61. The van der Waals surface area contributed by atoms with Crippen molar-refractivity contribution in [2.45, 2.75) is 76.1 Å². The molecule has 2 amide bonds. The SMILES string of the molecule is CC/C=C\CSC(C)(N[C@H]1CN(CC)CC[C@H]2CC[C@@H](C(=O)NN)N2C1=O)P(=O)(O)OCC. The Labute approximate surface area is 201 Å². The summed E-state index contributed by atoms with van der Waals surface area (Å²) >= 11 is 1.24. The summed E-state index contributed by atoms with van der Waals surface area (Å²) in [5.74, 6) is 5.22. The molecule has 12 heteroatoms. The van der Waals surface area contributed by atoms with Gasteiger partial charge in [-0.15, -0.1) is 11.8 Å². The highest BCUT2D eigenvalue weighted by atomic mass is 32.2. The molecule has 2 aliphatic heterocycles. The largest absolute Gasteiger partial charge is 0.357 e. The van der Waals surface area contributed by atoms with Gasteiger partial charge in [-0.3, -0.25) is 24.9 Å². The number of nitrogens with one attached hydrogen (secondary N) is 2. The third-order valence-electron chi connectivity index (χ3n) is 6.31. The first-order valence-corrected chi connectivity index (χ1v) is 14.3. The first-order valence-electron chi connectivity index (χ1n) is 11.7. The van der Waals surface area contributed by atoms with Crippen molar-refractivity contribution < 1.29 is 23.6 Å². The number of likely N-dealkylation sites (N-methyl/N-ethyl adjacent to an activating group) is 1. The molecule has 190 valence electrons. The lowest BCUT2D eigenvalue weighted by Crippen LogP contribution is -2.63. The lowest BCUT2D eigenvalue weighted by Gasteiger charge is -2.42. The van der Waals surface area contributed by atoms with Gasteiger partial charge >= 0.3 is 7.60 Å². The maximum absolute atomic E-state index is 13.8. The molecule has 2 aliphatic rings. The Morgan fingerprint density at radius 2 is 2.06 bits per heavy atom. The van der Waals surface area contributed by atoms with Gasteiger partial charge in [-0.1, -0.05) is 26.0 Å². The van der Waals surface area contributed by atoms with E-state index in [1.807, 2.05) is 26.0 Å². The van der Waals surface area contributed by atoms with Crippen LogP contribution in [0.2, 0.25) is 0 Å². The fraction of sp³-hybridized carbons (Fsp3) is 0.810. The van der Waals surface area contributed by atoms with Crippen LogP contribution in [0.1, 0.15) is 53.4 Å². The van der Waals surface area contributed by atoms with Crippen LogP contribution >= 0.6 is 19.4 Å². The number of nitrogens with zero attached hydrogens (tertiary/aromatic N) is 2. The normalized spacial score (nSPS) is 28.1. The highest BCUT2D eigenvalue weighted by molar-refractivity contribution is 8.06. The number of amides is 2. The summed E-state index contributed by atoms with van der Waals surface area (Å²) in [6.07, 6.45) is 6.82. The topological polar surface area (TPSA) is 137 Å². The second-order valence-corrected chi connectivity index (χ2v) is 12.4. The van der Waals surface area contributed by atoms with E-state index < -0.39 is 24.3 Å². The van der Waals surface area contributed by atoms with Gasteiger partial charge in [-0.2, -0.15) is 0 Å². The van der Waals surface area contributed by atoms with Gasteiger partial charge in [-0.05, 0) is 46.1 Å². The van der Waals surface area contributed by atoms with Crippen molar-refractivity contribution in [1.29, 1.82) is 0 Å². The Morgan fingerprint density at radius 3 is 2.67 bits per heavy atom. The van der Waals surface area contributed by atoms with Crippen LogP contribution in [0, 0.1) is 0 Å². The first-order chi connectivity index (χ1) is 15.6. The number of carbonyl (C=O) groups is 2. The van der Waals surface area contributed by atoms with Crippen molar-refractivity contribution in [2.75, 3.05) is 32.0 Å². The van der Waals surface area contributed by atoms with Crippen LogP contribution < -0.4 is 16.6 Å². The number of carbonyl (C=O) groups excluding carboxylic acids is 2. The summed E-state index contributed by atoms with van der Waals surface area (Å²) in [6, 6.07) is -1.49. The third-order valence-corrected chi connectivity index (χ3v) is 10.2. The molecule has 0 aromatic carbocycles. The molecule has 33 heavy (non-hydrogen) atoms. The summed E-state index contributed by atoms with van der Waals surface area (Å²) in [5.41, 5.74) is 2.18. The van der Waals surface area contributed by atoms with Crippen LogP contribution in [0.3, 0.4) is 0 Å². The van der Waals surface area contributed by atoms with Crippen molar-refractivity contribution in [3.05, 3.63) is 12.2 Å². The van der Waals surface area contributed by atoms with Gasteiger partial charge in [0.15, 0.2) is 4.61 Å². The lowest BCUT2D eigenvalue weighted by atomic mass is 10.1. The molecular weight excluding hydrogens is 465 g/mol. The molecule has 2 unspecified atom stereocenters. The Bertz CT molecular complexity index is 757. The minimum absolute atomic E-state index is 0.0716. The second-order valence-electron chi connectivity index (χ2n) is 8.49. The number of nitrogens with two attached hydrogens (primary N) is 1. The van der Waals surface area contributed by atoms with Crippen molar-refractivity contribution in [1.82, 2.24) is 20.5 Å². The number of fused-ring (bicyclic) bond motifs is 1. The number of hydrogen-bond acceptors (Lipinski definition) is 8. The number of hydrazine groups is 1. The van der Waals surface area contributed by atoms with E-state index in [1.165, 1.54) is 11.8 Å². The quantitative estimate of drug-likeness (QED) is 0.0824. The second kappa shape index (κ2) is 12.7. The van der Waals surface area contributed by atoms with E-state index in [0.717, 1.165) is 32.4 Å². The summed E-state index contributed by atoms with van der Waals surface area (Å²) in [6.45, 7) is 9.27. The molecule has 0 aliphatic carbocycles. The maximum atomic E-state index is 13.8. The zero-order valence-corrected chi connectivity index (χ0v) is 21.9. The molecule has 2 heterocycles. The van der Waals surface area contributed by atoms with Gasteiger partial charge in [0.2, 0.25) is 5.91 Å². The van der Waals surface area contributed by atoms with Gasteiger partial charge in [0.05, 0.1) is 6.61 Å². The van der Waals surface area contributed by atoms with Gasteiger partial charge in [0.25, 0.3) is 5.91 Å². The van der Waals surface area contributed by atoms with Crippen LogP contribution in [0.4, 0.5) is 0 Å². The van der Waals surface area contributed by atoms with Crippen molar-refractivity contribution in [2.24, 2.45) is 5.84 Å². The number of rotatable bonds is 11. The zero-order valence-electron chi connectivity index (χ0n) is 20.2. The molecule has 5 N–H and O–H groups in total. The summed E-state index contributed by atoms with van der Waals surface area (Å²) in [7, 11) is -4.15. The average Bonchev–Trinajstić information content (AvgIpc) is 3.20. The lowest BCUT2D eigenvalue weighted by molar-refractivity contribution is -0.143. The van der Waals surface area contributed by atoms with E-state index >= 15 is 0 Å². The summed E-state index contributed by atoms with van der Waals surface area (Å²) in [5, 5.41) is 3.20. The molecule has 0 aromatic heterocycles. The summed E-state index contributed by atoms with van der Waals surface area (Å²) < 4.78 is 17.1. The third kappa shape index (κ3) is 6.81. The minimum Gasteiger partial charge on any atom is -0.326 e. The molecule has 0 saturated carbocycles. The van der Waals surface area contributed by atoms with Gasteiger partial charge in [-0.25, -0.2) is 5.84 Å². The summed E-state index contributed by atoms with van der Waals surface area (Å²) in [4.78, 5) is 40.8. The first kappa shape index (κ1) is 28.3. The minimum atomic E-state index is -4.15. The molecule has 0 radical (unpaired) electrons. The molecule has 2 rings (SSSR count). The van der Waals surface area contributed by atoms with E-state index in [0.29, 0.717) is 18.7 Å². The molecule has 0 bridgehead atoms. The molecule has 10 nitrogen and oxygen atoms in total. The standard InChI is InChI=1S/C21H40N5O5PS/c1-5-8-9-14-33-21(4,32(29,30)31-7-3)23-17-15-25(6-2)13-12-16-10-11-18(19(27)24-22)26(16)20(17)28/h8-9,16-18,23H,5-7,10-15,22H2,1-4H3,(H,24,27)(H,29,30)/b9-8-/t16-,17+,18+,21?/m1/s1. The number of allylic oxidation sites excluding steroid dienone is 1. The van der Waals surface area contributed by atoms with E-state index in [1.54, 1.807) is 18.7 Å². The molecule has 0 spiro atoms. The van der Waals surface area contributed by atoms with Crippen LogP contribution in [0.25, 0.3) is 0 Å². The van der Waals surface area contributed by atoms with E-state index in [4.69, 9.17) is 10.4 Å². The predicted molar refractivity (Wildman–Crippen MR) is 131 cm³/mol. The van der Waals surface area contributed by atoms with Crippen LogP contribution in [-0.4, -0.2) is 81.2 Å². The van der Waals surface area contributed by atoms with Crippen LogP contribution in [-0.2, 0) is 18.7 Å². The van der Waals surface area contributed by atoms with Crippen LogP contribution in [0.15, 0.2) is 12.2 Å². The maximum Gasteiger partial charge on any atom is 0.357 e. The van der Waals surface area contributed by atoms with Crippen molar-refractivity contribution >= 4 is 31.2 Å². The van der Waals surface area contributed by atoms with Crippen LogP contribution in [0.5, 0.6) is 0 Å². The smallest absolute Gasteiger partial charge is 0.326 e.